The zero-order chi connectivity index (χ0) is 12.8. The molecule has 1 saturated heterocycles. The molecule has 102 valence electrons. The van der Waals surface area contributed by atoms with Crippen molar-refractivity contribution < 1.29 is 4.79 Å². The summed E-state index contributed by atoms with van der Waals surface area (Å²) in [5, 5.41) is 3.26. The quantitative estimate of drug-likeness (QED) is 0.814. The Bertz CT molecular complexity index is 333. The highest BCUT2D eigenvalue weighted by Crippen LogP contribution is 2.51. The molecule has 0 aromatic rings. The van der Waals surface area contributed by atoms with Crippen LogP contribution in [0.2, 0.25) is 0 Å². The number of carbonyl (C=O) groups excluding carboxylic acids is 1. The summed E-state index contributed by atoms with van der Waals surface area (Å²) in [7, 11) is 1.94. The SMILES string of the molecule is CNC1C(=O)N(C23CCC(CC2)C3)CCCC1C. The first-order valence-corrected chi connectivity index (χ1v) is 7.65. The monoisotopic (exact) mass is 250 g/mol. The number of hydrogen-bond acceptors (Lipinski definition) is 2. The molecule has 1 heterocycles. The molecule has 3 aliphatic rings. The minimum Gasteiger partial charge on any atom is -0.336 e. The van der Waals surface area contributed by atoms with Crippen LogP contribution in [0.15, 0.2) is 0 Å². The Hall–Kier alpha value is -0.570. The Morgan fingerprint density at radius 2 is 2.00 bits per heavy atom. The van der Waals surface area contributed by atoms with Crippen LogP contribution in [0.5, 0.6) is 0 Å². The minimum absolute atomic E-state index is 0.0431. The molecule has 3 nitrogen and oxygen atoms in total. The smallest absolute Gasteiger partial charge is 0.240 e. The van der Waals surface area contributed by atoms with Crippen LogP contribution in [0.3, 0.4) is 0 Å². The molecule has 1 amide bonds. The summed E-state index contributed by atoms with van der Waals surface area (Å²) in [6, 6.07) is 0.0431. The zero-order valence-corrected chi connectivity index (χ0v) is 11.7. The number of rotatable bonds is 2. The third-order valence-corrected chi connectivity index (χ3v) is 5.73. The molecule has 3 rings (SSSR count). The lowest BCUT2D eigenvalue weighted by Crippen LogP contribution is -2.55. The van der Waals surface area contributed by atoms with E-state index < -0.39 is 0 Å². The van der Waals surface area contributed by atoms with Crippen LogP contribution >= 0.6 is 0 Å². The number of nitrogens with one attached hydrogen (secondary N) is 1. The van der Waals surface area contributed by atoms with E-state index in [1.807, 2.05) is 7.05 Å². The number of carbonyl (C=O) groups is 1. The summed E-state index contributed by atoms with van der Waals surface area (Å²) in [5.41, 5.74) is 0.251. The second kappa shape index (κ2) is 4.52. The van der Waals surface area contributed by atoms with Gasteiger partial charge >= 0.3 is 0 Å². The molecule has 2 aliphatic carbocycles. The van der Waals surface area contributed by atoms with Gasteiger partial charge in [0.2, 0.25) is 5.91 Å². The highest BCUT2D eigenvalue weighted by atomic mass is 16.2. The van der Waals surface area contributed by atoms with Gasteiger partial charge in [0.05, 0.1) is 6.04 Å². The molecule has 0 aromatic carbocycles. The van der Waals surface area contributed by atoms with Gasteiger partial charge in [-0.3, -0.25) is 4.79 Å². The van der Waals surface area contributed by atoms with Crippen LogP contribution in [0, 0.1) is 11.8 Å². The Kier molecular flexibility index (Phi) is 3.13. The Morgan fingerprint density at radius 3 is 2.56 bits per heavy atom. The molecule has 0 radical (unpaired) electrons. The fourth-order valence-electron chi connectivity index (χ4n) is 4.68. The lowest BCUT2D eigenvalue weighted by atomic mass is 9.90. The molecule has 2 atom stereocenters. The van der Waals surface area contributed by atoms with E-state index in [4.69, 9.17) is 0 Å². The van der Waals surface area contributed by atoms with E-state index in [9.17, 15) is 4.79 Å². The molecule has 18 heavy (non-hydrogen) atoms. The van der Waals surface area contributed by atoms with E-state index in [1.54, 1.807) is 0 Å². The standard InChI is InChI=1S/C15H26N2O/c1-11-4-3-9-17(14(18)13(11)16-2)15-7-5-12(10-15)6-8-15/h11-13,16H,3-10H2,1-2H3. The van der Waals surface area contributed by atoms with Gasteiger partial charge < -0.3 is 10.2 Å². The maximum atomic E-state index is 12.8. The van der Waals surface area contributed by atoms with E-state index in [2.05, 4.69) is 17.1 Å². The Morgan fingerprint density at radius 1 is 1.28 bits per heavy atom. The van der Waals surface area contributed by atoms with Crippen LogP contribution in [-0.2, 0) is 4.79 Å². The summed E-state index contributed by atoms with van der Waals surface area (Å²) < 4.78 is 0. The predicted octanol–water partition coefficient (Wildman–Crippen LogP) is 2.17. The Balaban J connectivity index is 1.84. The van der Waals surface area contributed by atoms with Crippen molar-refractivity contribution in [2.75, 3.05) is 13.6 Å². The van der Waals surface area contributed by atoms with Crippen molar-refractivity contribution in [2.45, 2.75) is 63.5 Å². The normalized spacial score (nSPS) is 44.4. The van der Waals surface area contributed by atoms with Crippen LogP contribution in [0.4, 0.5) is 0 Å². The van der Waals surface area contributed by atoms with Crippen molar-refractivity contribution in [2.24, 2.45) is 11.8 Å². The molecule has 0 spiro atoms. The molecule has 3 heteroatoms. The van der Waals surface area contributed by atoms with Crippen molar-refractivity contribution in [3.05, 3.63) is 0 Å². The van der Waals surface area contributed by atoms with Gasteiger partial charge in [-0.1, -0.05) is 6.92 Å². The van der Waals surface area contributed by atoms with E-state index in [0.717, 1.165) is 12.5 Å². The Labute approximate surface area is 110 Å². The van der Waals surface area contributed by atoms with Crippen molar-refractivity contribution in [1.82, 2.24) is 10.2 Å². The van der Waals surface area contributed by atoms with Gasteiger partial charge in [-0.25, -0.2) is 0 Å². The van der Waals surface area contributed by atoms with Crippen LogP contribution in [0.1, 0.15) is 51.9 Å². The fraction of sp³-hybridized carbons (Fsp3) is 0.933. The number of amides is 1. The molecular weight excluding hydrogens is 224 g/mol. The molecule has 1 N–H and O–H groups in total. The molecule has 3 fully saturated rings. The maximum absolute atomic E-state index is 12.8. The molecule has 2 bridgehead atoms. The lowest BCUT2D eigenvalue weighted by molar-refractivity contribution is -0.139. The second-order valence-electron chi connectivity index (χ2n) is 6.75. The van der Waals surface area contributed by atoms with Crippen LogP contribution in [0.25, 0.3) is 0 Å². The third-order valence-electron chi connectivity index (χ3n) is 5.73. The van der Waals surface area contributed by atoms with Crippen molar-refractivity contribution in [3.8, 4) is 0 Å². The summed E-state index contributed by atoms with van der Waals surface area (Å²) in [4.78, 5) is 15.1. The first-order chi connectivity index (χ1) is 8.66. The number of likely N-dealkylation sites (tertiary alicyclic amines) is 1. The first kappa shape index (κ1) is 12.5. The number of likely N-dealkylation sites (N-methyl/N-ethyl adjacent to an activating group) is 1. The molecule has 2 unspecified atom stereocenters. The van der Waals surface area contributed by atoms with Gasteiger partial charge in [0.25, 0.3) is 0 Å². The van der Waals surface area contributed by atoms with Crippen molar-refractivity contribution >= 4 is 5.91 Å². The van der Waals surface area contributed by atoms with E-state index >= 15 is 0 Å². The van der Waals surface area contributed by atoms with Crippen molar-refractivity contribution in [3.63, 3.8) is 0 Å². The molecular formula is C15H26N2O. The molecule has 1 aliphatic heterocycles. The van der Waals surface area contributed by atoms with Gasteiger partial charge in [-0.05, 0) is 63.8 Å². The average molecular weight is 250 g/mol. The largest absolute Gasteiger partial charge is 0.336 e. The number of nitrogens with zero attached hydrogens (tertiary/aromatic N) is 1. The summed E-state index contributed by atoms with van der Waals surface area (Å²) in [5.74, 6) is 1.76. The van der Waals surface area contributed by atoms with Crippen LogP contribution in [-0.4, -0.2) is 36.0 Å². The lowest BCUT2D eigenvalue weighted by Gasteiger charge is -2.41. The van der Waals surface area contributed by atoms with E-state index in [-0.39, 0.29) is 11.6 Å². The number of hydrogen-bond donors (Lipinski definition) is 1. The fourth-order valence-corrected chi connectivity index (χ4v) is 4.68. The maximum Gasteiger partial charge on any atom is 0.240 e. The van der Waals surface area contributed by atoms with Crippen molar-refractivity contribution in [1.29, 1.82) is 0 Å². The van der Waals surface area contributed by atoms with Gasteiger partial charge in [0.1, 0.15) is 0 Å². The second-order valence-corrected chi connectivity index (χ2v) is 6.75. The predicted molar refractivity (Wildman–Crippen MR) is 72.3 cm³/mol. The van der Waals surface area contributed by atoms with Gasteiger partial charge in [-0.2, -0.15) is 0 Å². The number of fused-ring (bicyclic) bond motifs is 2. The summed E-state index contributed by atoms with van der Waals surface area (Å²) >= 11 is 0. The summed E-state index contributed by atoms with van der Waals surface area (Å²) in [6.07, 6.45) is 8.85. The minimum atomic E-state index is 0.0431. The van der Waals surface area contributed by atoms with Gasteiger partial charge in [0, 0.05) is 12.1 Å². The van der Waals surface area contributed by atoms with Gasteiger partial charge in [0.15, 0.2) is 0 Å². The third kappa shape index (κ3) is 1.78. The van der Waals surface area contributed by atoms with Crippen LogP contribution < -0.4 is 5.32 Å². The average Bonchev–Trinajstić information content (AvgIpc) is 2.92. The molecule has 0 aromatic heterocycles. The molecule has 2 saturated carbocycles. The van der Waals surface area contributed by atoms with E-state index in [1.165, 1.54) is 44.9 Å². The highest BCUT2D eigenvalue weighted by Gasteiger charge is 2.51. The van der Waals surface area contributed by atoms with E-state index in [0.29, 0.717) is 11.8 Å². The summed E-state index contributed by atoms with van der Waals surface area (Å²) in [6.45, 7) is 3.21. The highest BCUT2D eigenvalue weighted by molar-refractivity contribution is 5.83. The zero-order valence-electron chi connectivity index (χ0n) is 11.7. The first-order valence-electron chi connectivity index (χ1n) is 7.65. The topological polar surface area (TPSA) is 32.3 Å². The van der Waals surface area contributed by atoms with Gasteiger partial charge in [-0.15, -0.1) is 0 Å².